The molecule has 0 aliphatic carbocycles. The Morgan fingerprint density at radius 3 is 2.78 bits per heavy atom. The van der Waals surface area contributed by atoms with Crippen molar-refractivity contribution in [2.75, 3.05) is 13.7 Å². The number of hydrogen-bond donors (Lipinski definition) is 2. The first-order valence-electron chi connectivity index (χ1n) is 10.9. The molecule has 2 N–H and O–H groups in total. The van der Waals surface area contributed by atoms with Gasteiger partial charge in [0.05, 0.1) is 18.5 Å². The minimum atomic E-state index is -0.548. The van der Waals surface area contributed by atoms with Gasteiger partial charge < -0.3 is 15.4 Å². The predicted octanol–water partition coefficient (Wildman–Crippen LogP) is 3.56. The second kappa shape index (κ2) is 9.26. The Hall–Kier alpha value is -3.61. The van der Waals surface area contributed by atoms with Crippen molar-refractivity contribution in [1.29, 1.82) is 0 Å². The highest BCUT2D eigenvalue weighted by atomic mass is 16.5. The number of aryl methyl sites for hydroxylation is 2. The molecule has 0 bridgehead atoms. The van der Waals surface area contributed by atoms with Gasteiger partial charge in [-0.25, -0.2) is 4.68 Å². The summed E-state index contributed by atoms with van der Waals surface area (Å²) in [5.74, 6) is 0.250. The lowest BCUT2D eigenvalue weighted by Crippen LogP contribution is -2.45. The van der Waals surface area contributed by atoms with E-state index in [1.165, 1.54) is 0 Å². The van der Waals surface area contributed by atoms with Crippen molar-refractivity contribution in [3.8, 4) is 22.7 Å². The summed E-state index contributed by atoms with van der Waals surface area (Å²) in [5.41, 5.74) is 4.83. The fraction of sp³-hybridized carbons (Fsp3) is 0.320. The van der Waals surface area contributed by atoms with Gasteiger partial charge in [-0.15, -0.1) is 0 Å². The van der Waals surface area contributed by atoms with Crippen molar-refractivity contribution < 1.29 is 14.3 Å². The van der Waals surface area contributed by atoms with E-state index >= 15 is 0 Å². The van der Waals surface area contributed by atoms with Crippen LogP contribution < -0.4 is 15.4 Å². The normalized spacial score (nSPS) is 16.2. The Kier molecular flexibility index (Phi) is 6.25. The summed E-state index contributed by atoms with van der Waals surface area (Å²) < 4.78 is 7.00. The molecule has 1 aliphatic heterocycles. The molecule has 1 atom stereocenters. The molecule has 2 heterocycles. The van der Waals surface area contributed by atoms with E-state index in [9.17, 15) is 9.59 Å². The van der Waals surface area contributed by atoms with Gasteiger partial charge in [0.25, 0.3) is 5.91 Å². The van der Waals surface area contributed by atoms with Crippen LogP contribution in [-0.4, -0.2) is 41.3 Å². The van der Waals surface area contributed by atoms with E-state index in [1.54, 1.807) is 17.9 Å². The molecule has 32 heavy (non-hydrogen) atoms. The van der Waals surface area contributed by atoms with Crippen molar-refractivity contribution in [3.05, 3.63) is 65.4 Å². The van der Waals surface area contributed by atoms with E-state index in [2.05, 4.69) is 16.7 Å². The molecule has 0 radical (unpaired) electrons. The molecule has 7 heteroatoms. The van der Waals surface area contributed by atoms with Crippen LogP contribution in [0.4, 0.5) is 0 Å². The fourth-order valence-electron chi connectivity index (χ4n) is 4.00. The molecular weight excluding hydrogens is 404 g/mol. The van der Waals surface area contributed by atoms with Crippen molar-refractivity contribution in [2.24, 2.45) is 0 Å². The Bertz CT molecular complexity index is 1150. The average molecular weight is 433 g/mol. The first-order chi connectivity index (χ1) is 15.5. The van der Waals surface area contributed by atoms with Crippen LogP contribution in [0.5, 0.6) is 5.75 Å². The molecular formula is C25H28N4O3. The zero-order valence-corrected chi connectivity index (χ0v) is 18.6. The highest BCUT2D eigenvalue weighted by Gasteiger charge is 2.26. The summed E-state index contributed by atoms with van der Waals surface area (Å²) in [7, 11) is 1.62. The van der Waals surface area contributed by atoms with Gasteiger partial charge in [-0.05, 0) is 62.9 Å². The summed E-state index contributed by atoms with van der Waals surface area (Å²) in [4.78, 5) is 25.7. The number of methoxy groups -OCH3 is 1. The Morgan fingerprint density at radius 2 is 2.00 bits per heavy atom. The second-order valence-electron chi connectivity index (χ2n) is 8.16. The van der Waals surface area contributed by atoms with Gasteiger partial charge in [0.1, 0.15) is 17.5 Å². The van der Waals surface area contributed by atoms with Crippen LogP contribution in [0.2, 0.25) is 0 Å². The van der Waals surface area contributed by atoms with Gasteiger partial charge in [0.2, 0.25) is 5.91 Å². The number of amides is 2. The zero-order valence-electron chi connectivity index (χ0n) is 18.6. The number of carbonyl (C=O) groups is 2. The topological polar surface area (TPSA) is 85.3 Å². The van der Waals surface area contributed by atoms with Crippen LogP contribution in [0, 0.1) is 13.8 Å². The smallest absolute Gasteiger partial charge is 0.270 e. The molecule has 1 fully saturated rings. The van der Waals surface area contributed by atoms with Crippen LogP contribution in [-0.2, 0) is 4.79 Å². The highest BCUT2D eigenvalue weighted by molar-refractivity contribution is 5.97. The first-order valence-corrected chi connectivity index (χ1v) is 10.9. The largest absolute Gasteiger partial charge is 0.497 e. The third-order valence-corrected chi connectivity index (χ3v) is 5.73. The summed E-state index contributed by atoms with van der Waals surface area (Å²) in [6, 6.07) is 14.8. The summed E-state index contributed by atoms with van der Waals surface area (Å²) >= 11 is 0. The molecule has 0 saturated carbocycles. The van der Waals surface area contributed by atoms with Crippen LogP contribution in [0.25, 0.3) is 16.9 Å². The number of nitrogens with one attached hydrogen (secondary N) is 2. The number of aromatic nitrogens is 2. The van der Waals surface area contributed by atoms with Crippen molar-refractivity contribution >= 4 is 11.8 Å². The van der Waals surface area contributed by atoms with Gasteiger partial charge in [0, 0.05) is 12.1 Å². The molecule has 3 aromatic rings. The minimum absolute atomic E-state index is 0.138. The quantitative estimate of drug-likeness (QED) is 0.646. The van der Waals surface area contributed by atoms with Crippen LogP contribution in [0.1, 0.15) is 40.9 Å². The van der Waals surface area contributed by atoms with Gasteiger partial charge in [-0.2, -0.15) is 5.10 Å². The molecule has 4 rings (SSSR count). The number of benzene rings is 2. The van der Waals surface area contributed by atoms with Gasteiger partial charge in [-0.3, -0.25) is 9.59 Å². The monoisotopic (exact) mass is 432 g/mol. The lowest BCUT2D eigenvalue weighted by atomic mass is 10.1. The van der Waals surface area contributed by atoms with Crippen LogP contribution in [0.15, 0.2) is 48.5 Å². The zero-order chi connectivity index (χ0) is 22.7. The Balaban J connectivity index is 1.75. The van der Waals surface area contributed by atoms with E-state index in [-0.39, 0.29) is 11.8 Å². The SMILES string of the molecule is COc1cccc(-c2cc(C(=O)NC3CCCCNC3=O)n(-c3ccc(C)cc3C)n2)c1. The van der Waals surface area contributed by atoms with Gasteiger partial charge in [-0.1, -0.05) is 29.8 Å². The molecule has 166 valence electrons. The average Bonchev–Trinajstić information content (AvgIpc) is 3.13. The lowest BCUT2D eigenvalue weighted by Gasteiger charge is -2.16. The Morgan fingerprint density at radius 1 is 1.16 bits per heavy atom. The molecule has 2 aromatic carbocycles. The van der Waals surface area contributed by atoms with E-state index < -0.39 is 6.04 Å². The van der Waals surface area contributed by atoms with Crippen LogP contribution >= 0.6 is 0 Å². The van der Waals surface area contributed by atoms with Crippen molar-refractivity contribution in [2.45, 2.75) is 39.2 Å². The van der Waals surface area contributed by atoms with E-state index in [0.29, 0.717) is 30.1 Å². The third kappa shape index (κ3) is 4.51. The molecule has 1 aromatic heterocycles. The molecule has 1 aliphatic rings. The van der Waals surface area contributed by atoms with E-state index in [0.717, 1.165) is 35.2 Å². The summed E-state index contributed by atoms with van der Waals surface area (Å²) in [6.45, 7) is 4.67. The number of hydrogen-bond acceptors (Lipinski definition) is 4. The minimum Gasteiger partial charge on any atom is -0.497 e. The number of carbonyl (C=O) groups excluding carboxylic acids is 2. The lowest BCUT2D eigenvalue weighted by molar-refractivity contribution is -0.122. The number of rotatable bonds is 5. The number of nitrogens with zero attached hydrogens (tertiary/aromatic N) is 2. The molecule has 1 saturated heterocycles. The maximum atomic E-state index is 13.3. The fourth-order valence-corrected chi connectivity index (χ4v) is 4.00. The van der Waals surface area contributed by atoms with E-state index in [1.807, 2.05) is 50.2 Å². The van der Waals surface area contributed by atoms with Crippen molar-refractivity contribution in [1.82, 2.24) is 20.4 Å². The van der Waals surface area contributed by atoms with Crippen LogP contribution in [0.3, 0.4) is 0 Å². The van der Waals surface area contributed by atoms with E-state index in [4.69, 9.17) is 9.84 Å². The highest BCUT2D eigenvalue weighted by Crippen LogP contribution is 2.26. The summed E-state index contributed by atoms with van der Waals surface area (Å²) in [6.07, 6.45) is 2.42. The number of ether oxygens (including phenoxy) is 1. The van der Waals surface area contributed by atoms with Gasteiger partial charge in [0.15, 0.2) is 0 Å². The second-order valence-corrected chi connectivity index (χ2v) is 8.16. The maximum Gasteiger partial charge on any atom is 0.270 e. The maximum absolute atomic E-state index is 13.3. The van der Waals surface area contributed by atoms with Gasteiger partial charge >= 0.3 is 0 Å². The summed E-state index contributed by atoms with van der Waals surface area (Å²) in [5, 5.41) is 10.6. The molecule has 7 nitrogen and oxygen atoms in total. The third-order valence-electron chi connectivity index (χ3n) is 5.73. The standard InChI is InChI=1S/C25H28N4O3/c1-16-10-11-22(17(2)13-16)29-23(25(31)27-20-9-4-5-12-26-24(20)30)15-21(28-29)18-7-6-8-19(14-18)32-3/h6-8,10-11,13-15,20H,4-5,9,12H2,1-3H3,(H,26,30)(H,27,31). The van der Waals surface area contributed by atoms with Crippen molar-refractivity contribution in [3.63, 3.8) is 0 Å². The molecule has 0 spiro atoms. The molecule has 2 amide bonds. The first kappa shape index (κ1) is 21.6. The Labute approximate surface area is 187 Å². The predicted molar refractivity (Wildman–Crippen MR) is 123 cm³/mol. The molecule has 1 unspecified atom stereocenters.